The number of nitrogens with zero attached hydrogens (tertiary/aromatic N) is 1. The first-order valence-corrected chi connectivity index (χ1v) is 5.54. The van der Waals surface area contributed by atoms with Crippen molar-refractivity contribution in [3.63, 3.8) is 0 Å². The Kier molecular flexibility index (Phi) is 5.06. The molecule has 1 atom stereocenters. The van der Waals surface area contributed by atoms with Crippen LogP contribution in [0.25, 0.3) is 0 Å². The number of carbonyl (C=O) groups excluding carboxylic acids is 1. The van der Waals surface area contributed by atoms with Gasteiger partial charge in [0.25, 0.3) is 0 Å². The van der Waals surface area contributed by atoms with Gasteiger partial charge in [0.05, 0.1) is 0 Å². The summed E-state index contributed by atoms with van der Waals surface area (Å²) in [5.74, 6) is 0.315. The van der Waals surface area contributed by atoms with Crippen molar-refractivity contribution in [3.05, 3.63) is 0 Å². The maximum Gasteiger partial charge on any atom is 0.124 e. The molecule has 0 aromatic carbocycles. The molecular formula is C11H21NO. The van der Waals surface area contributed by atoms with Crippen LogP contribution in [0.1, 0.15) is 39.0 Å². The van der Waals surface area contributed by atoms with Crippen molar-refractivity contribution in [1.29, 1.82) is 0 Å². The Labute approximate surface area is 81.3 Å². The monoisotopic (exact) mass is 183 g/mol. The first-order valence-electron chi connectivity index (χ1n) is 5.54. The predicted octanol–water partition coefficient (Wildman–Crippen LogP) is 2.09. The molecule has 1 saturated heterocycles. The first kappa shape index (κ1) is 10.7. The maximum absolute atomic E-state index is 10.6. The SMILES string of the molecule is CCCCCN1CCCC(C=O)C1. The van der Waals surface area contributed by atoms with Gasteiger partial charge in [-0.25, -0.2) is 0 Å². The summed E-state index contributed by atoms with van der Waals surface area (Å²) in [4.78, 5) is 13.1. The second kappa shape index (κ2) is 6.14. The van der Waals surface area contributed by atoms with Crippen molar-refractivity contribution >= 4 is 6.29 Å². The zero-order chi connectivity index (χ0) is 9.52. The maximum atomic E-state index is 10.6. The van der Waals surface area contributed by atoms with Crippen LogP contribution in [0.5, 0.6) is 0 Å². The summed E-state index contributed by atoms with van der Waals surface area (Å²) in [6, 6.07) is 0. The molecule has 0 radical (unpaired) electrons. The topological polar surface area (TPSA) is 20.3 Å². The van der Waals surface area contributed by atoms with E-state index in [9.17, 15) is 4.79 Å². The van der Waals surface area contributed by atoms with Crippen LogP contribution in [-0.4, -0.2) is 30.8 Å². The molecule has 0 aromatic heterocycles. The van der Waals surface area contributed by atoms with Crippen molar-refractivity contribution < 1.29 is 4.79 Å². The van der Waals surface area contributed by atoms with E-state index in [1.165, 1.54) is 38.8 Å². The lowest BCUT2D eigenvalue weighted by Gasteiger charge is -2.29. The van der Waals surface area contributed by atoms with Crippen molar-refractivity contribution in [2.75, 3.05) is 19.6 Å². The fourth-order valence-corrected chi connectivity index (χ4v) is 1.99. The van der Waals surface area contributed by atoms with E-state index in [1.54, 1.807) is 0 Å². The Hall–Kier alpha value is -0.370. The molecule has 0 amide bonds. The molecule has 1 aliphatic rings. The molecule has 0 aliphatic carbocycles. The van der Waals surface area contributed by atoms with Crippen molar-refractivity contribution in [2.24, 2.45) is 5.92 Å². The summed E-state index contributed by atoms with van der Waals surface area (Å²) >= 11 is 0. The minimum Gasteiger partial charge on any atom is -0.303 e. The van der Waals surface area contributed by atoms with E-state index in [-0.39, 0.29) is 0 Å². The molecule has 76 valence electrons. The number of piperidine rings is 1. The fraction of sp³-hybridized carbons (Fsp3) is 0.909. The summed E-state index contributed by atoms with van der Waals surface area (Å²) < 4.78 is 0. The van der Waals surface area contributed by atoms with E-state index >= 15 is 0 Å². The number of carbonyl (C=O) groups is 1. The molecule has 13 heavy (non-hydrogen) atoms. The third kappa shape index (κ3) is 3.90. The van der Waals surface area contributed by atoms with Gasteiger partial charge in [0.2, 0.25) is 0 Å². The molecule has 1 rings (SSSR count). The molecule has 2 nitrogen and oxygen atoms in total. The second-order valence-electron chi connectivity index (χ2n) is 4.05. The zero-order valence-electron chi connectivity index (χ0n) is 8.67. The van der Waals surface area contributed by atoms with Crippen LogP contribution >= 0.6 is 0 Å². The highest BCUT2D eigenvalue weighted by atomic mass is 16.1. The Bertz CT molecular complexity index is 147. The lowest BCUT2D eigenvalue weighted by Crippen LogP contribution is -2.36. The van der Waals surface area contributed by atoms with Gasteiger partial charge in [0, 0.05) is 12.5 Å². The third-order valence-corrected chi connectivity index (χ3v) is 2.81. The van der Waals surface area contributed by atoms with E-state index in [4.69, 9.17) is 0 Å². The van der Waals surface area contributed by atoms with Gasteiger partial charge in [0.15, 0.2) is 0 Å². The van der Waals surface area contributed by atoms with Crippen LogP contribution in [0.2, 0.25) is 0 Å². The smallest absolute Gasteiger partial charge is 0.124 e. The molecule has 0 bridgehead atoms. The Morgan fingerprint density at radius 1 is 1.46 bits per heavy atom. The number of rotatable bonds is 5. The van der Waals surface area contributed by atoms with Crippen LogP contribution in [0, 0.1) is 5.92 Å². The van der Waals surface area contributed by atoms with Gasteiger partial charge < -0.3 is 9.69 Å². The van der Waals surface area contributed by atoms with E-state index < -0.39 is 0 Å². The van der Waals surface area contributed by atoms with E-state index in [1.807, 2.05) is 0 Å². The average Bonchev–Trinajstić information content (AvgIpc) is 2.19. The van der Waals surface area contributed by atoms with Gasteiger partial charge in [-0.3, -0.25) is 0 Å². The van der Waals surface area contributed by atoms with Crippen LogP contribution in [-0.2, 0) is 4.79 Å². The summed E-state index contributed by atoms with van der Waals surface area (Å²) in [5.41, 5.74) is 0. The molecule has 1 fully saturated rings. The average molecular weight is 183 g/mol. The minimum atomic E-state index is 0.315. The van der Waals surface area contributed by atoms with Gasteiger partial charge in [-0.05, 0) is 32.4 Å². The highest BCUT2D eigenvalue weighted by Gasteiger charge is 2.18. The quantitative estimate of drug-likeness (QED) is 0.480. The van der Waals surface area contributed by atoms with Crippen LogP contribution < -0.4 is 0 Å². The van der Waals surface area contributed by atoms with Crippen molar-refractivity contribution in [2.45, 2.75) is 39.0 Å². The number of hydrogen-bond donors (Lipinski definition) is 0. The summed E-state index contributed by atoms with van der Waals surface area (Å²) in [7, 11) is 0. The molecular weight excluding hydrogens is 162 g/mol. The highest BCUT2D eigenvalue weighted by Crippen LogP contribution is 2.14. The summed E-state index contributed by atoms with van der Waals surface area (Å²) in [5, 5.41) is 0. The standard InChI is InChI=1S/C11H21NO/c1-2-3-4-7-12-8-5-6-11(9-12)10-13/h10-11H,2-9H2,1H3. The summed E-state index contributed by atoms with van der Waals surface area (Å²) in [6.07, 6.45) is 7.34. The second-order valence-corrected chi connectivity index (χ2v) is 4.05. The van der Waals surface area contributed by atoms with Gasteiger partial charge in [0.1, 0.15) is 6.29 Å². The first-order chi connectivity index (χ1) is 6.36. The van der Waals surface area contributed by atoms with Gasteiger partial charge in [-0.15, -0.1) is 0 Å². The lowest BCUT2D eigenvalue weighted by atomic mass is 9.99. The normalized spacial score (nSPS) is 24.5. The molecule has 1 aliphatic heterocycles. The Balaban J connectivity index is 2.14. The largest absolute Gasteiger partial charge is 0.303 e. The molecule has 0 spiro atoms. The minimum absolute atomic E-state index is 0.315. The van der Waals surface area contributed by atoms with Gasteiger partial charge >= 0.3 is 0 Å². The Morgan fingerprint density at radius 2 is 2.31 bits per heavy atom. The molecule has 0 saturated carbocycles. The van der Waals surface area contributed by atoms with E-state index in [0.717, 1.165) is 19.3 Å². The van der Waals surface area contributed by atoms with Gasteiger partial charge in [-0.2, -0.15) is 0 Å². The molecule has 1 unspecified atom stereocenters. The number of aldehydes is 1. The molecule has 0 aromatic rings. The van der Waals surface area contributed by atoms with E-state index in [2.05, 4.69) is 11.8 Å². The van der Waals surface area contributed by atoms with Crippen molar-refractivity contribution in [1.82, 2.24) is 4.90 Å². The summed E-state index contributed by atoms with van der Waals surface area (Å²) in [6.45, 7) is 5.63. The van der Waals surface area contributed by atoms with Crippen LogP contribution in [0.4, 0.5) is 0 Å². The molecule has 2 heteroatoms. The number of likely N-dealkylation sites (tertiary alicyclic amines) is 1. The number of unbranched alkanes of at least 4 members (excludes halogenated alkanes) is 2. The number of hydrogen-bond acceptors (Lipinski definition) is 2. The zero-order valence-corrected chi connectivity index (χ0v) is 8.67. The van der Waals surface area contributed by atoms with Gasteiger partial charge in [-0.1, -0.05) is 19.8 Å². The van der Waals surface area contributed by atoms with Crippen molar-refractivity contribution in [3.8, 4) is 0 Å². The predicted molar refractivity (Wildman–Crippen MR) is 54.8 cm³/mol. The third-order valence-electron chi connectivity index (χ3n) is 2.81. The fourth-order valence-electron chi connectivity index (χ4n) is 1.99. The molecule has 0 N–H and O–H groups in total. The Morgan fingerprint density at radius 3 is 3.00 bits per heavy atom. The molecule has 1 heterocycles. The lowest BCUT2D eigenvalue weighted by molar-refractivity contribution is -0.112. The van der Waals surface area contributed by atoms with E-state index in [0.29, 0.717) is 5.92 Å². The van der Waals surface area contributed by atoms with Crippen LogP contribution in [0.15, 0.2) is 0 Å². The highest BCUT2D eigenvalue weighted by molar-refractivity contribution is 5.53. The van der Waals surface area contributed by atoms with Crippen LogP contribution in [0.3, 0.4) is 0 Å².